The van der Waals surface area contributed by atoms with Crippen LogP contribution in [-0.4, -0.2) is 29.7 Å². The zero-order chi connectivity index (χ0) is 9.19. The first-order valence-corrected chi connectivity index (χ1v) is 4.58. The molecule has 1 heterocycles. The molecule has 1 fully saturated rings. The summed E-state index contributed by atoms with van der Waals surface area (Å²) in [6.45, 7) is 7.62. The minimum absolute atomic E-state index is 0.00637. The number of hydrogen-bond donors (Lipinski definition) is 0. The molecular formula is C9H17NO2. The van der Waals surface area contributed by atoms with Crippen molar-refractivity contribution in [2.75, 3.05) is 13.2 Å². The fraction of sp³-hybridized carbons (Fsp3) is 0.889. The van der Waals surface area contributed by atoms with E-state index in [4.69, 9.17) is 4.74 Å². The van der Waals surface area contributed by atoms with E-state index >= 15 is 0 Å². The number of amides is 1. The first kappa shape index (κ1) is 9.36. The van der Waals surface area contributed by atoms with Gasteiger partial charge in [0.15, 0.2) is 0 Å². The molecule has 0 unspecified atom stereocenters. The molecule has 0 spiro atoms. The molecule has 3 heteroatoms. The smallest absolute Gasteiger partial charge is 0.410 e. The van der Waals surface area contributed by atoms with Crippen molar-refractivity contribution in [3.63, 3.8) is 0 Å². The van der Waals surface area contributed by atoms with E-state index < -0.39 is 0 Å². The first-order valence-electron chi connectivity index (χ1n) is 4.58. The lowest BCUT2D eigenvalue weighted by Crippen LogP contribution is -2.45. The van der Waals surface area contributed by atoms with E-state index in [0.29, 0.717) is 6.61 Å². The van der Waals surface area contributed by atoms with Crippen LogP contribution >= 0.6 is 0 Å². The molecule has 0 bridgehead atoms. The monoisotopic (exact) mass is 171 g/mol. The van der Waals surface area contributed by atoms with Gasteiger partial charge in [0.05, 0.1) is 6.54 Å². The van der Waals surface area contributed by atoms with Gasteiger partial charge in [-0.25, -0.2) is 4.79 Å². The third kappa shape index (κ3) is 1.40. The molecular weight excluding hydrogens is 154 g/mol. The quantitative estimate of drug-likeness (QED) is 0.650. The number of hydrogen-bond acceptors (Lipinski definition) is 2. The second kappa shape index (κ2) is 3.33. The van der Waals surface area contributed by atoms with Crippen molar-refractivity contribution in [1.82, 2.24) is 4.90 Å². The SMILES string of the molecule is CCC(C)(CC)N1CCOC1=O. The van der Waals surface area contributed by atoms with Crippen LogP contribution in [0.25, 0.3) is 0 Å². The van der Waals surface area contributed by atoms with Crippen LogP contribution in [0.5, 0.6) is 0 Å². The number of ether oxygens (including phenoxy) is 1. The lowest BCUT2D eigenvalue weighted by atomic mass is 9.94. The Kier molecular flexibility index (Phi) is 2.60. The molecule has 3 nitrogen and oxygen atoms in total. The van der Waals surface area contributed by atoms with Crippen LogP contribution in [0.4, 0.5) is 4.79 Å². The molecule has 1 rings (SSSR count). The molecule has 12 heavy (non-hydrogen) atoms. The van der Waals surface area contributed by atoms with Crippen LogP contribution < -0.4 is 0 Å². The summed E-state index contributed by atoms with van der Waals surface area (Å²) < 4.78 is 4.90. The largest absolute Gasteiger partial charge is 0.448 e. The Balaban J connectivity index is 2.71. The summed E-state index contributed by atoms with van der Waals surface area (Å²) in [6, 6.07) is 0. The van der Waals surface area contributed by atoms with Gasteiger partial charge in [-0.2, -0.15) is 0 Å². The van der Waals surface area contributed by atoms with Gasteiger partial charge in [0.1, 0.15) is 6.61 Å². The number of cyclic esters (lactones) is 1. The van der Waals surface area contributed by atoms with Gasteiger partial charge in [-0.15, -0.1) is 0 Å². The summed E-state index contributed by atoms with van der Waals surface area (Å²) >= 11 is 0. The minimum Gasteiger partial charge on any atom is -0.448 e. The summed E-state index contributed by atoms with van der Waals surface area (Å²) in [7, 11) is 0. The Morgan fingerprint density at radius 2 is 2.08 bits per heavy atom. The first-order chi connectivity index (χ1) is 5.64. The van der Waals surface area contributed by atoms with Crippen LogP contribution in [0.15, 0.2) is 0 Å². The van der Waals surface area contributed by atoms with Gasteiger partial charge in [0.25, 0.3) is 0 Å². The van der Waals surface area contributed by atoms with Crippen LogP contribution in [-0.2, 0) is 4.74 Å². The third-order valence-electron chi connectivity index (χ3n) is 2.94. The summed E-state index contributed by atoms with van der Waals surface area (Å²) in [4.78, 5) is 13.1. The number of carbonyl (C=O) groups excluding carboxylic acids is 1. The predicted octanol–water partition coefficient (Wildman–Crippen LogP) is 2.02. The highest BCUT2D eigenvalue weighted by Crippen LogP contribution is 2.26. The van der Waals surface area contributed by atoms with E-state index in [0.717, 1.165) is 19.4 Å². The van der Waals surface area contributed by atoms with Gasteiger partial charge in [-0.3, -0.25) is 4.90 Å². The normalized spacial score (nSPS) is 18.2. The summed E-state index contributed by atoms with van der Waals surface area (Å²) in [5.41, 5.74) is -0.00637. The number of carbonyl (C=O) groups is 1. The van der Waals surface area contributed by atoms with Crippen molar-refractivity contribution < 1.29 is 9.53 Å². The molecule has 0 N–H and O–H groups in total. The van der Waals surface area contributed by atoms with Crippen molar-refractivity contribution in [2.24, 2.45) is 0 Å². The average Bonchev–Trinajstić information content (AvgIpc) is 2.51. The summed E-state index contributed by atoms with van der Waals surface area (Å²) in [5, 5.41) is 0. The van der Waals surface area contributed by atoms with E-state index in [1.807, 2.05) is 4.90 Å². The zero-order valence-electron chi connectivity index (χ0n) is 8.09. The second-order valence-corrected chi connectivity index (χ2v) is 3.47. The molecule has 0 aromatic rings. The minimum atomic E-state index is -0.152. The molecule has 70 valence electrons. The standard InChI is InChI=1S/C9H17NO2/c1-4-9(3,5-2)10-6-7-12-8(10)11/h4-7H2,1-3H3. The summed E-state index contributed by atoms with van der Waals surface area (Å²) in [5.74, 6) is 0. The van der Waals surface area contributed by atoms with Gasteiger partial charge in [-0.1, -0.05) is 13.8 Å². The van der Waals surface area contributed by atoms with Crippen molar-refractivity contribution in [3.05, 3.63) is 0 Å². The average molecular weight is 171 g/mol. The second-order valence-electron chi connectivity index (χ2n) is 3.47. The van der Waals surface area contributed by atoms with E-state index in [1.54, 1.807) is 0 Å². The van der Waals surface area contributed by atoms with E-state index in [2.05, 4.69) is 20.8 Å². The molecule has 0 aromatic carbocycles. The molecule has 1 saturated heterocycles. The summed E-state index contributed by atoms with van der Waals surface area (Å²) in [6.07, 6.45) is 1.82. The molecule has 0 saturated carbocycles. The number of nitrogens with zero attached hydrogens (tertiary/aromatic N) is 1. The van der Waals surface area contributed by atoms with Crippen molar-refractivity contribution in [3.8, 4) is 0 Å². The maximum Gasteiger partial charge on any atom is 0.410 e. The van der Waals surface area contributed by atoms with Crippen molar-refractivity contribution in [2.45, 2.75) is 39.2 Å². The molecule has 1 aliphatic heterocycles. The van der Waals surface area contributed by atoms with Gasteiger partial charge < -0.3 is 4.74 Å². The van der Waals surface area contributed by atoms with Gasteiger partial charge in [0.2, 0.25) is 0 Å². The zero-order valence-corrected chi connectivity index (χ0v) is 8.09. The van der Waals surface area contributed by atoms with Crippen molar-refractivity contribution >= 4 is 6.09 Å². The van der Waals surface area contributed by atoms with Crippen LogP contribution in [0, 0.1) is 0 Å². The van der Waals surface area contributed by atoms with E-state index in [1.165, 1.54) is 0 Å². The van der Waals surface area contributed by atoms with Gasteiger partial charge in [0, 0.05) is 5.54 Å². The highest BCUT2D eigenvalue weighted by molar-refractivity contribution is 5.70. The lowest BCUT2D eigenvalue weighted by Gasteiger charge is -2.35. The molecule has 0 radical (unpaired) electrons. The van der Waals surface area contributed by atoms with Gasteiger partial charge in [-0.05, 0) is 19.8 Å². The topological polar surface area (TPSA) is 29.5 Å². The van der Waals surface area contributed by atoms with E-state index in [9.17, 15) is 4.79 Å². The van der Waals surface area contributed by atoms with Crippen LogP contribution in [0.3, 0.4) is 0 Å². The molecule has 0 aromatic heterocycles. The third-order valence-corrected chi connectivity index (χ3v) is 2.94. The Labute approximate surface area is 73.7 Å². The van der Waals surface area contributed by atoms with Crippen LogP contribution in [0.2, 0.25) is 0 Å². The van der Waals surface area contributed by atoms with Crippen molar-refractivity contribution in [1.29, 1.82) is 0 Å². The Morgan fingerprint density at radius 3 is 2.42 bits per heavy atom. The Hall–Kier alpha value is -0.730. The molecule has 0 atom stereocenters. The van der Waals surface area contributed by atoms with Crippen LogP contribution in [0.1, 0.15) is 33.6 Å². The predicted molar refractivity (Wildman–Crippen MR) is 47.0 cm³/mol. The van der Waals surface area contributed by atoms with E-state index in [-0.39, 0.29) is 11.6 Å². The lowest BCUT2D eigenvalue weighted by molar-refractivity contribution is 0.114. The maximum absolute atomic E-state index is 11.2. The molecule has 1 aliphatic rings. The fourth-order valence-electron chi connectivity index (χ4n) is 1.52. The molecule has 1 amide bonds. The Morgan fingerprint density at radius 1 is 1.50 bits per heavy atom. The number of rotatable bonds is 3. The molecule has 0 aliphatic carbocycles. The fourth-order valence-corrected chi connectivity index (χ4v) is 1.52. The highest BCUT2D eigenvalue weighted by Gasteiger charge is 2.36. The highest BCUT2D eigenvalue weighted by atomic mass is 16.6. The Bertz CT molecular complexity index is 175. The van der Waals surface area contributed by atoms with Gasteiger partial charge >= 0.3 is 6.09 Å². The maximum atomic E-state index is 11.2.